The molecule has 680 valence electrons. The quantitative estimate of drug-likeness (QED) is 0.113. The van der Waals surface area contributed by atoms with Gasteiger partial charge in [-0.15, -0.1) is 0 Å². The first-order valence-corrected chi connectivity index (χ1v) is 50.3. The Balaban J connectivity index is 0.000000110. The van der Waals surface area contributed by atoms with Crippen molar-refractivity contribution in [2.45, 2.75) is 77.0 Å². The molecule has 4 aliphatic carbocycles. The van der Waals surface area contributed by atoms with E-state index in [9.17, 15) is 0 Å². The minimum atomic E-state index is -0.0962. The summed E-state index contributed by atoms with van der Waals surface area (Å²) in [6.07, 6.45) is 0. The first-order valence-electron chi connectivity index (χ1n) is 50.3. The smallest absolute Gasteiger partial charge is 0.0546 e. The first kappa shape index (κ1) is 86.1. The van der Waals surface area contributed by atoms with E-state index in [1.165, 1.54) is 243 Å². The maximum atomic E-state index is 2.48. The number of benzene rings is 24. The molecule has 0 fully saturated rings. The van der Waals surface area contributed by atoms with Crippen LogP contribution < -0.4 is 14.7 Å². The molecule has 24 aromatic carbocycles. The van der Waals surface area contributed by atoms with Crippen LogP contribution in [0, 0.1) is 0 Å². The summed E-state index contributed by atoms with van der Waals surface area (Å²) in [6.45, 7) is 18.9. The lowest BCUT2D eigenvalue weighted by Crippen LogP contribution is -2.17. The van der Waals surface area contributed by atoms with Crippen LogP contribution in [-0.2, 0) is 21.7 Å². The molecule has 0 spiro atoms. The minimum Gasteiger partial charge on any atom is -0.310 e. The van der Waals surface area contributed by atoms with E-state index in [0.29, 0.717) is 0 Å². The zero-order valence-electron chi connectivity index (χ0n) is 81.6. The van der Waals surface area contributed by atoms with Crippen molar-refractivity contribution in [2.24, 2.45) is 0 Å². The Bertz CT molecular complexity index is 9300. The Hall–Kier alpha value is -17.2. The van der Waals surface area contributed by atoms with E-state index < -0.39 is 0 Å². The number of hydrogen-bond donors (Lipinski definition) is 0. The molecule has 143 heavy (non-hydrogen) atoms. The molecule has 24 aromatic rings. The van der Waals surface area contributed by atoms with Crippen LogP contribution in [0.15, 0.2) is 491 Å². The van der Waals surface area contributed by atoms with Gasteiger partial charge in [-0.25, -0.2) is 0 Å². The summed E-state index contributed by atoms with van der Waals surface area (Å²) < 4.78 is 0. The maximum absolute atomic E-state index is 2.48. The lowest BCUT2D eigenvalue weighted by Gasteiger charge is -2.30. The summed E-state index contributed by atoms with van der Waals surface area (Å²) in [5, 5.41) is 20.0. The monoisotopic (exact) mass is 1830 g/mol. The van der Waals surface area contributed by atoms with E-state index in [0.717, 1.165) is 17.1 Å². The molecule has 0 unspecified atom stereocenters. The van der Waals surface area contributed by atoms with Gasteiger partial charge in [0.05, 0.1) is 17.1 Å². The molecule has 3 heteroatoms. The van der Waals surface area contributed by atoms with Gasteiger partial charge in [0.1, 0.15) is 0 Å². The van der Waals surface area contributed by atoms with Gasteiger partial charge in [-0.3, -0.25) is 0 Å². The van der Waals surface area contributed by atoms with Gasteiger partial charge in [0.2, 0.25) is 0 Å². The van der Waals surface area contributed by atoms with Gasteiger partial charge in [0.25, 0.3) is 0 Å². The normalized spacial score (nSPS) is 13.7. The highest BCUT2D eigenvalue weighted by atomic mass is 15.2. The van der Waals surface area contributed by atoms with Gasteiger partial charge in [-0.1, -0.05) is 444 Å². The molecule has 3 nitrogen and oxygen atoms in total. The number of fused-ring (bicyclic) bond motifs is 23. The van der Waals surface area contributed by atoms with E-state index in [1.54, 1.807) is 0 Å². The van der Waals surface area contributed by atoms with Crippen molar-refractivity contribution in [3.63, 3.8) is 0 Å². The highest BCUT2D eigenvalue weighted by Crippen LogP contribution is 2.59. The van der Waals surface area contributed by atoms with Crippen molar-refractivity contribution < 1.29 is 0 Å². The van der Waals surface area contributed by atoms with Gasteiger partial charge >= 0.3 is 0 Å². The highest BCUT2D eigenvalue weighted by molar-refractivity contribution is 6.18. The zero-order chi connectivity index (χ0) is 96.1. The van der Waals surface area contributed by atoms with Crippen molar-refractivity contribution in [3.8, 4) is 77.9 Å². The number of nitrogens with zero attached hydrogens (tertiary/aromatic N) is 3. The molecular formula is C140H105N3. The van der Waals surface area contributed by atoms with Crippen LogP contribution in [0.4, 0.5) is 51.2 Å². The van der Waals surface area contributed by atoms with Gasteiger partial charge in [-0.2, -0.15) is 0 Å². The van der Waals surface area contributed by atoms with Gasteiger partial charge in [-0.05, 0) is 296 Å². The second kappa shape index (κ2) is 33.8. The number of anilines is 9. The van der Waals surface area contributed by atoms with Crippen molar-refractivity contribution in [1.82, 2.24) is 0 Å². The molecule has 0 N–H and O–H groups in total. The Labute approximate surface area is 836 Å². The molecule has 0 amide bonds. The fourth-order valence-electron chi connectivity index (χ4n) is 24.7. The summed E-state index contributed by atoms with van der Waals surface area (Å²) in [4.78, 5) is 7.43. The van der Waals surface area contributed by atoms with E-state index in [2.05, 4.69) is 561 Å². The molecule has 0 radical (unpaired) electrons. The van der Waals surface area contributed by atoms with E-state index >= 15 is 0 Å². The van der Waals surface area contributed by atoms with Crippen LogP contribution in [0.5, 0.6) is 0 Å². The summed E-state index contributed by atoms with van der Waals surface area (Å²) in [5.41, 5.74) is 39.4. The number of rotatable bonds is 12. The van der Waals surface area contributed by atoms with Crippen LogP contribution in [0.25, 0.3) is 164 Å². The maximum Gasteiger partial charge on any atom is 0.0546 e. The average molecular weight is 1830 g/mol. The Morgan fingerprint density at radius 2 is 0.399 bits per heavy atom. The summed E-state index contributed by atoms with van der Waals surface area (Å²) in [5.74, 6) is 0. The van der Waals surface area contributed by atoms with E-state index in [1.807, 2.05) is 0 Å². The third-order valence-electron chi connectivity index (χ3n) is 31.8. The largest absolute Gasteiger partial charge is 0.310 e. The van der Waals surface area contributed by atoms with Gasteiger partial charge in [0, 0.05) is 71.9 Å². The Kier molecular flexibility index (Phi) is 20.4. The molecule has 0 atom stereocenters. The fraction of sp³-hybridized carbons (Fsp3) is 0.0857. The van der Waals surface area contributed by atoms with E-state index in [4.69, 9.17) is 0 Å². The lowest BCUT2D eigenvalue weighted by atomic mass is 9.79. The molecule has 0 aliphatic heterocycles. The van der Waals surface area contributed by atoms with Crippen molar-refractivity contribution in [1.29, 1.82) is 0 Å². The SMILES string of the molecule is CC1(C)c2ccccc2-c2ccc(N(c3ccc(-c4cccc5c4C(C)(C)c4ccccc4-5)cc3)c3cc4ccccc4c4ccccc34)cc21.CC1(C)c2ccccc2-c2ccc(N(c3ccc4cc(-c5ccccc5)ccc4c3)c3cc4ccccc4c4ccccc34)cc21.CC1(C)c2ccccc2-c2ccc(N(c3ccc4ccc(-c5ccccc5)cc4c3)c3cc4ccccc4c4ccccc34)cc21. The summed E-state index contributed by atoms with van der Waals surface area (Å²) in [6, 6.07) is 182. The van der Waals surface area contributed by atoms with Crippen LogP contribution in [0.3, 0.4) is 0 Å². The van der Waals surface area contributed by atoms with E-state index in [-0.39, 0.29) is 21.7 Å². The predicted octanol–water partition coefficient (Wildman–Crippen LogP) is 38.9. The second-order valence-corrected chi connectivity index (χ2v) is 41.4. The molecule has 0 heterocycles. The van der Waals surface area contributed by atoms with Gasteiger partial charge in [0.15, 0.2) is 0 Å². The lowest BCUT2D eigenvalue weighted by molar-refractivity contribution is 0.660. The average Bonchev–Trinajstić information content (AvgIpc) is 1.60. The predicted molar refractivity (Wildman–Crippen MR) is 610 cm³/mol. The van der Waals surface area contributed by atoms with Crippen molar-refractivity contribution >= 4 is 137 Å². The van der Waals surface area contributed by atoms with Crippen LogP contribution in [0.2, 0.25) is 0 Å². The molecule has 0 bridgehead atoms. The van der Waals surface area contributed by atoms with Crippen LogP contribution >= 0.6 is 0 Å². The zero-order valence-corrected chi connectivity index (χ0v) is 81.6. The van der Waals surface area contributed by atoms with Crippen LogP contribution in [0.1, 0.15) is 99.9 Å². The molecule has 0 saturated carbocycles. The highest BCUT2D eigenvalue weighted by Gasteiger charge is 2.42. The molecular weight excluding hydrogens is 1720 g/mol. The Morgan fingerprint density at radius 3 is 0.818 bits per heavy atom. The molecule has 0 aromatic heterocycles. The second-order valence-electron chi connectivity index (χ2n) is 41.4. The third-order valence-corrected chi connectivity index (χ3v) is 31.8. The van der Waals surface area contributed by atoms with Crippen molar-refractivity contribution in [3.05, 3.63) is 536 Å². The van der Waals surface area contributed by atoms with Gasteiger partial charge < -0.3 is 14.7 Å². The topological polar surface area (TPSA) is 9.72 Å². The third kappa shape index (κ3) is 14.2. The molecule has 0 saturated heterocycles. The Morgan fingerprint density at radius 1 is 0.133 bits per heavy atom. The summed E-state index contributed by atoms with van der Waals surface area (Å²) in [7, 11) is 0. The van der Waals surface area contributed by atoms with Crippen LogP contribution in [-0.4, -0.2) is 0 Å². The number of hydrogen-bond acceptors (Lipinski definition) is 3. The minimum absolute atomic E-state index is 0.0773. The fourth-order valence-corrected chi connectivity index (χ4v) is 24.7. The standard InChI is InChI=1S/C50H39N.2C45H33N/c1-49(2)44-22-11-9-17-39(44)41-29-28-35(31-46(41)49)51(47-30-33-14-5-6-15-36(33)38-16-7-8-19-42(38)47)34-26-24-32(25-27-34)37-20-13-21-43-40-18-10-12-23-45(40)50(3,4)48(37)43;1-45(2)42-19-11-10-17-39(42)40-25-24-36(29-43(40)45)46(44-28-34-14-6-7-15-37(34)38-16-8-9-18-41(38)44)35-23-22-32-26-31(20-21-33(32)27-35)30-12-4-3-5-13-30;1-45(2)42-19-11-10-17-39(42)40-25-24-36(29-43(40)45)46(44-28-33-14-6-7-15-37(33)38-16-8-9-18-41(38)44)35-23-22-31-20-21-32(26-34(31)27-35)30-12-4-3-5-13-30/h5-31H,1-4H3;2*3-29H,1-2H3. The molecule has 4 aliphatic rings. The summed E-state index contributed by atoms with van der Waals surface area (Å²) >= 11 is 0. The first-order chi connectivity index (χ1) is 69.9. The molecule has 28 rings (SSSR count). The van der Waals surface area contributed by atoms with Crippen molar-refractivity contribution in [2.75, 3.05) is 14.7 Å².